The van der Waals surface area contributed by atoms with Crippen molar-refractivity contribution in [3.8, 4) is 16.9 Å². The fraction of sp³-hybridized carbons (Fsp3) is 0.111. The fourth-order valence-electron chi connectivity index (χ4n) is 2.41. The average molecular weight is 358 g/mol. The Morgan fingerprint density at radius 3 is 2.16 bits per heavy atom. The minimum Gasteiger partial charge on any atom is -0.293 e. The molecule has 0 radical (unpaired) electrons. The molecule has 7 heteroatoms. The molecule has 1 heterocycles. The zero-order valence-corrected chi connectivity index (χ0v) is 14.4. The van der Waals surface area contributed by atoms with E-state index in [1.165, 1.54) is 35.9 Å². The van der Waals surface area contributed by atoms with Crippen LogP contribution in [0.5, 0.6) is 0 Å². The van der Waals surface area contributed by atoms with Gasteiger partial charge in [0.1, 0.15) is 11.5 Å². The smallest absolute Gasteiger partial charge is 0.180 e. The van der Waals surface area contributed by atoms with Gasteiger partial charge in [0.15, 0.2) is 15.6 Å². The zero-order chi connectivity index (χ0) is 18.2. The molecule has 0 unspecified atom stereocenters. The Balaban J connectivity index is 2.14. The number of carbonyl (C=O) groups excluding carboxylic acids is 1. The number of benzene rings is 2. The van der Waals surface area contributed by atoms with E-state index in [-0.39, 0.29) is 22.2 Å². The second-order valence-corrected chi connectivity index (χ2v) is 7.67. The molecule has 0 saturated heterocycles. The molecule has 25 heavy (non-hydrogen) atoms. The van der Waals surface area contributed by atoms with Gasteiger partial charge in [-0.05, 0) is 42.5 Å². The molecule has 128 valence electrons. The van der Waals surface area contributed by atoms with Gasteiger partial charge >= 0.3 is 0 Å². The van der Waals surface area contributed by atoms with E-state index < -0.39 is 9.84 Å². The van der Waals surface area contributed by atoms with E-state index >= 15 is 0 Å². The van der Waals surface area contributed by atoms with Crippen molar-refractivity contribution in [3.63, 3.8) is 0 Å². The number of aromatic nitrogens is 2. The zero-order valence-electron chi connectivity index (χ0n) is 13.6. The van der Waals surface area contributed by atoms with E-state index in [0.717, 1.165) is 6.26 Å². The van der Waals surface area contributed by atoms with Gasteiger partial charge in [-0.2, -0.15) is 5.10 Å². The topological polar surface area (TPSA) is 69.0 Å². The maximum Gasteiger partial charge on any atom is 0.180 e. The van der Waals surface area contributed by atoms with Crippen molar-refractivity contribution in [3.05, 3.63) is 66.1 Å². The standard InChI is InChI=1S/C18H15FN2O3S/c1-12(22)17-11-18(13-3-9-16(10-4-13)25(2,23)24)21(20-17)15-7-5-14(19)6-8-15/h3-11H,1-2H3. The summed E-state index contributed by atoms with van der Waals surface area (Å²) in [5.41, 5.74) is 2.16. The quantitative estimate of drug-likeness (QED) is 0.671. The molecule has 0 atom stereocenters. The number of hydrogen-bond donors (Lipinski definition) is 0. The van der Waals surface area contributed by atoms with Gasteiger partial charge in [0.2, 0.25) is 0 Å². The second-order valence-electron chi connectivity index (χ2n) is 5.66. The lowest BCUT2D eigenvalue weighted by Crippen LogP contribution is -2.01. The van der Waals surface area contributed by atoms with E-state index in [1.807, 2.05) is 0 Å². The molecule has 1 aromatic heterocycles. The lowest BCUT2D eigenvalue weighted by Gasteiger charge is -2.08. The van der Waals surface area contributed by atoms with Crippen molar-refractivity contribution < 1.29 is 17.6 Å². The number of sulfone groups is 1. The van der Waals surface area contributed by atoms with Gasteiger partial charge in [0.05, 0.1) is 16.3 Å². The van der Waals surface area contributed by atoms with Gasteiger partial charge in [-0.1, -0.05) is 12.1 Å². The largest absolute Gasteiger partial charge is 0.293 e. The first-order chi connectivity index (χ1) is 11.8. The molecule has 0 aliphatic carbocycles. The van der Waals surface area contributed by atoms with Crippen LogP contribution in [0.15, 0.2) is 59.5 Å². The summed E-state index contributed by atoms with van der Waals surface area (Å²) in [6.07, 6.45) is 1.14. The predicted molar refractivity (Wildman–Crippen MR) is 92.1 cm³/mol. The molecule has 0 aliphatic heterocycles. The Hall–Kier alpha value is -2.80. The lowest BCUT2D eigenvalue weighted by atomic mass is 10.1. The van der Waals surface area contributed by atoms with E-state index in [1.54, 1.807) is 30.3 Å². The molecule has 0 N–H and O–H groups in total. The molecule has 0 fully saturated rings. The number of rotatable bonds is 4. The van der Waals surface area contributed by atoms with Gasteiger partial charge in [-0.3, -0.25) is 4.79 Å². The first-order valence-electron chi connectivity index (χ1n) is 7.43. The Labute approximate surface area is 144 Å². The summed E-state index contributed by atoms with van der Waals surface area (Å²) >= 11 is 0. The predicted octanol–water partition coefficient (Wildman–Crippen LogP) is 3.28. The van der Waals surface area contributed by atoms with Gasteiger partial charge in [-0.25, -0.2) is 17.5 Å². The summed E-state index contributed by atoms with van der Waals surface area (Å²) in [5.74, 6) is -0.573. The fourth-order valence-corrected chi connectivity index (χ4v) is 3.04. The summed E-state index contributed by atoms with van der Waals surface area (Å²) in [6, 6.07) is 13.7. The molecule has 0 saturated carbocycles. The van der Waals surface area contributed by atoms with Crippen LogP contribution in [0, 0.1) is 5.82 Å². The van der Waals surface area contributed by atoms with Crippen LogP contribution in [0.25, 0.3) is 16.9 Å². The van der Waals surface area contributed by atoms with E-state index in [9.17, 15) is 17.6 Å². The normalized spacial score (nSPS) is 11.5. The molecular formula is C18H15FN2O3S. The van der Waals surface area contributed by atoms with Crippen LogP contribution in [0.2, 0.25) is 0 Å². The molecule has 0 amide bonds. The molecule has 0 spiro atoms. The minimum atomic E-state index is -3.30. The van der Waals surface area contributed by atoms with E-state index in [0.29, 0.717) is 16.9 Å². The second kappa shape index (κ2) is 6.25. The summed E-state index contributed by atoms with van der Waals surface area (Å²) in [5, 5.41) is 4.28. The van der Waals surface area contributed by atoms with Crippen LogP contribution in [0.4, 0.5) is 4.39 Å². The van der Waals surface area contributed by atoms with Gasteiger partial charge in [0.25, 0.3) is 0 Å². The molecule has 3 rings (SSSR count). The summed E-state index contributed by atoms with van der Waals surface area (Å²) in [4.78, 5) is 11.9. The number of carbonyl (C=O) groups is 1. The molecule has 2 aromatic carbocycles. The van der Waals surface area contributed by atoms with Crippen LogP contribution in [0.1, 0.15) is 17.4 Å². The third kappa shape index (κ3) is 3.51. The van der Waals surface area contributed by atoms with Crippen molar-refractivity contribution in [2.45, 2.75) is 11.8 Å². The Bertz CT molecular complexity index is 1040. The van der Waals surface area contributed by atoms with Crippen LogP contribution in [0.3, 0.4) is 0 Å². The van der Waals surface area contributed by atoms with Crippen molar-refractivity contribution >= 4 is 15.6 Å². The van der Waals surface area contributed by atoms with E-state index in [2.05, 4.69) is 5.10 Å². The molecular weight excluding hydrogens is 343 g/mol. The third-order valence-electron chi connectivity index (χ3n) is 3.72. The minimum absolute atomic E-state index is 0.199. The first-order valence-corrected chi connectivity index (χ1v) is 9.32. The number of nitrogens with zero attached hydrogens (tertiary/aromatic N) is 2. The Morgan fingerprint density at radius 1 is 1.04 bits per heavy atom. The average Bonchev–Trinajstić information content (AvgIpc) is 3.00. The van der Waals surface area contributed by atoms with Crippen LogP contribution in [-0.2, 0) is 9.84 Å². The summed E-state index contributed by atoms with van der Waals surface area (Å²) in [7, 11) is -3.30. The first kappa shape index (κ1) is 17.0. The van der Waals surface area contributed by atoms with Crippen LogP contribution >= 0.6 is 0 Å². The van der Waals surface area contributed by atoms with Crippen LogP contribution < -0.4 is 0 Å². The molecule has 5 nitrogen and oxygen atoms in total. The SMILES string of the molecule is CC(=O)c1cc(-c2ccc(S(C)(=O)=O)cc2)n(-c2ccc(F)cc2)n1. The van der Waals surface area contributed by atoms with Gasteiger partial charge in [0, 0.05) is 18.7 Å². The maximum absolute atomic E-state index is 13.2. The van der Waals surface area contributed by atoms with Crippen molar-refractivity contribution in [1.82, 2.24) is 9.78 Å². The summed E-state index contributed by atoms with van der Waals surface area (Å²) < 4.78 is 37.9. The molecule has 0 bridgehead atoms. The number of hydrogen-bond acceptors (Lipinski definition) is 4. The lowest BCUT2D eigenvalue weighted by molar-refractivity contribution is 0.101. The molecule has 0 aliphatic rings. The Morgan fingerprint density at radius 2 is 1.64 bits per heavy atom. The highest BCUT2D eigenvalue weighted by atomic mass is 32.2. The van der Waals surface area contributed by atoms with Crippen molar-refractivity contribution in [2.75, 3.05) is 6.26 Å². The number of halogens is 1. The maximum atomic E-state index is 13.2. The highest BCUT2D eigenvalue weighted by Crippen LogP contribution is 2.26. The third-order valence-corrected chi connectivity index (χ3v) is 4.85. The highest BCUT2D eigenvalue weighted by molar-refractivity contribution is 7.90. The number of Topliss-reactive ketones (excluding diaryl/α,β-unsaturated/α-hetero) is 1. The van der Waals surface area contributed by atoms with Gasteiger partial charge < -0.3 is 0 Å². The van der Waals surface area contributed by atoms with Crippen LogP contribution in [-0.4, -0.2) is 30.2 Å². The monoisotopic (exact) mass is 358 g/mol. The molecule has 3 aromatic rings. The van der Waals surface area contributed by atoms with Gasteiger partial charge in [-0.15, -0.1) is 0 Å². The number of ketones is 1. The van der Waals surface area contributed by atoms with Crippen molar-refractivity contribution in [2.24, 2.45) is 0 Å². The Kier molecular flexibility index (Phi) is 4.26. The summed E-state index contributed by atoms with van der Waals surface area (Å²) in [6.45, 7) is 1.41. The van der Waals surface area contributed by atoms with E-state index in [4.69, 9.17) is 0 Å². The van der Waals surface area contributed by atoms with Crippen molar-refractivity contribution in [1.29, 1.82) is 0 Å². The highest BCUT2D eigenvalue weighted by Gasteiger charge is 2.15.